The summed E-state index contributed by atoms with van der Waals surface area (Å²) in [6, 6.07) is 8.19. The lowest BCUT2D eigenvalue weighted by Gasteiger charge is -2.33. The zero-order valence-electron chi connectivity index (χ0n) is 17.6. The van der Waals surface area contributed by atoms with Gasteiger partial charge in [0.1, 0.15) is 17.6 Å². The van der Waals surface area contributed by atoms with E-state index >= 15 is 0 Å². The number of piperazine rings is 1. The highest BCUT2D eigenvalue weighted by Gasteiger charge is 2.24. The number of rotatable bonds is 5. The number of carbonyl (C=O) groups excluding carboxylic acids is 1. The summed E-state index contributed by atoms with van der Waals surface area (Å²) in [6.07, 6.45) is 3.29. The van der Waals surface area contributed by atoms with Crippen LogP contribution in [0.1, 0.15) is 30.5 Å². The molecular weight excluding hydrogens is 412 g/mol. The Morgan fingerprint density at radius 3 is 2.84 bits per heavy atom. The van der Waals surface area contributed by atoms with Gasteiger partial charge in [0.15, 0.2) is 10.8 Å². The molecular formula is C22H26N6O2S. The molecule has 0 bridgehead atoms. The molecule has 0 radical (unpaired) electrons. The van der Waals surface area contributed by atoms with Gasteiger partial charge in [0, 0.05) is 26.2 Å². The van der Waals surface area contributed by atoms with Gasteiger partial charge >= 0.3 is 0 Å². The van der Waals surface area contributed by atoms with Crippen molar-refractivity contribution in [1.82, 2.24) is 24.8 Å². The van der Waals surface area contributed by atoms with Crippen LogP contribution in [0.25, 0.3) is 10.3 Å². The quantitative estimate of drug-likeness (QED) is 0.654. The number of amides is 1. The Balaban J connectivity index is 1.30. The lowest BCUT2D eigenvalue weighted by atomic mass is 10.1. The molecule has 0 unspecified atom stereocenters. The SMILES string of the molecule is CCN1CCN(c2nc3ncn(CC(=O)N[C@H]4CCc5ccccc54)c(=O)c3s2)CC1. The van der Waals surface area contributed by atoms with E-state index in [1.54, 1.807) is 0 Å². The van der Waals surface area contributed by atoms with E-state index in [-0.39, 0.29) is 24.1 Å². The monoisotopic (exact) mass is 438 g/mol. The maximum Gasteiger partial charge on any atom is 0.273 e. The molecule has 2 aromatic heterocycles. The van der Waals surface area contributed by atoms with E-state index in [2.05, 4.69) is 44.1 Å². The average molecular weight is 439 g/mol. The van der Waals surface area contributed by atoms with E-state index in [0.29, 0.717) is 10.3 Å². The van der Waals surface area contributed by atoms with Crippen LogP contribution in [0.5, 0.6) is 0 Å². The molecule has 1 aliphatic carbocycles. The van der Waals surface area contributed by atoms with Gasteiger partial charge < -0.3 is 15.1 Å². The van der Waals surface area contributed by atoms with E-state index in [9.17, 15) is 9.59 Å². The predicted octanol–water partition coefficient (Wildman–Crippen LogP) is 1.80. The number of thiazole rings is 1. The second kappa shape index (κ2) is 8.39. The summed E-state index contributed by atoms with van der Waals surface area (Å²) in [6.45, 7) is 6.96. The van der Waals surface area contributed by atoms with Crippen molar-refractivity contribution in [2.45, 2.75) is 32.4 Å². The molecule has 3 aromatic rings. The third-order valence-electron chi connectivity index (χ3n) is 6.24. The number of fused-ring (bicyclic) bond motifs is 2. The maximum absolute atomic E-state index is 13.0. The van der Waals surface area contributed by atoms with Crippen molar-refractivity contribution in [3.63, 3.8) is 0 Å². The average Bonchev–Trinajstić information content (AvgIpc) is 3.41. The minimum Gasteiger partial charge on any atom is -0.348 e. The number of hydrogen-bond acceptors (Lipinski definition) is 7. The number of aromatic nitrogens is 3. The van der Waals surface area contributed by atoms with Crippen molar-refractivity contribution in [2.24, 2.45) is 0 Å². The summed E-state index contributed by atoms with van der Waals surface area (Å²) in [5, 5.41) is 3.91. The molecule has 1 saturated heterocycles. The van der Waals surface area contributed by atoms with Crippen LogP contribution in [-0.2, 0) is 17.8 Å². The highest BCUT2D eigenvalue weighted by atomic mass is 32.1. The van der Waals surface area contributed by atoms with Gasteiger partial charge in [0.05, 0.1) is 6.04 Å². The van der Waals surface area contributed by atoms with Gasteiger partial charge in [0.25, 0.3) is 5.56 Å². The lowest BCUT2D eigenvalue weighted by Crippen LogP contribution is -2.46. The summed E-state index contributed by atoms with van der Waals surface area (Å²) in [7, 11) is 0. The highest BCUT2D eigenvalue weighted by Crippen LogP contribution is 2.30. The first-order valence-electron chi connectivity index (χ1n) is 10.8. The largest absolute Gasteiger partial charge is 0.348 e. The molecule has 1 amide bonds. The number of hydrogen-bond donors (Lipinski definition) is 1. The fraction of sp³-hybridized carbons (Fsp3) is 0.455. The summed E-state index contributed by atoms with van der Waals surface area (Å²) in [4.78, 5) is 39.2. The molecule has 3 heterocycles. The van der Waals surface area contributed by atoms with Crippen molar-refractivity contribution in [1.29, 1.82) is 0 Å². The van der Waals surface area contributed by atoms with Gasteiger partial charge in [-0.3, -0.25) is 14.2 Å². The fourth-order valence-corrected chi connectivity index (χ4v) is 5.46. The van der Waals surface area contributed by atoms with E-state index in [1.807, 2.05) is 12.1 Å². The fourth-order valence-electron chi connectivity index (χ4n) is 4.44. The van der Waals surface area contributed by atoms with Gasteiger partial charge in [-0.15, -0.1) is 0 Å². The first-order chi connectivity index (χ1) is 15.1. The Morgan fingerprint density at radius 2 is 2.03 bits per heavy atom. The van der Waals surface area contributed by atoms with Gasteiger partial charge in [-0.1, -0.05) is 42.5 Å². The van der Waals surface area contributed by atoms with Gasteiger partial charge in [0.2, 0.25) is 5.91 Å². The maximum atomic E-state index is 13.0. The molecule has 162 valence electrons. The molecule has 1 fully saturated rings. The van der Waals surface area contributed by atoms with E-state index in [0.717, 1.165) is 50.7 Å². The highest BCUT2D eigenvalue weighted by molar-refractivity contribution is 7.22. The van der Waals surface area contributed by atoms with Gasteiger partial charge in [-0.05, 0) is 30.5 Å². The minimum atomic E-state index is -0.206. The summed E-state index contributed by atoms with van der Waals surface area (Å²) in [5.74, 6) is -0.176. The molecule has 1 aromatic carbocycles. The summed E-state index contributed by atoms with van der Waals surface area (Å²) < 4.78 is 1.89. The van der Waals surface area contributed by atoms with Crippen LogP contribution in [0, 0.1) is 0 Å². The van der Waals surface area contributed by atoms with Crippen molar-refractivity contribution in [2.75, 3.05) is 37.6 Å². The first kappa shape index (κ1) is 20.1. The van der Waals surface area contributed by atoms with Crippen LogP contribution >= 0.6 is 11.3 Å². The van der Waals surface area contributed by atoms with E-state index < -0.39 is 0 Å². The second-order valence-corrected chi connectivity index (χ2v) is 9.08. The number of nitrogens with one attached hydrogen (secondary N) is 1. The molecule has 0 spiro atoms. The Morgan fingerprint density at radius 1 is 1.23 bits per heavy atom. The van der Waals surface area contributed by atoms with Crippen LogP contribution in [0.3, 0.4) is 0 Å². The van der Waals surface area contributed by atoms with Gasteiger partial charge in [-0.25, -0.2) is 4.98 Å². The lowest BCUT2D eigenvalue weighted by molar-refractivity contribution is -0.122. The Hall–Kier alpha value is -2.78. The van der Waals surface area contributed by atoms with Crippen LogP contribution in [0.2, 0.25) is 0 Å². The zero-order chi connectivity index (χ0) is 21.4. The molecule has 0 saturated carbocycles. The topological polar surface area (TPSA) is 83.4 Å². The molecule has 9 heteroatoms. The normalized spacial score (nSPS) is 19.0. The Labute approximate surface area is 184 Å². The van der Waals surface area contributed by atoms with Crippen LogP contribution < -0.4 is 15.8 Å². The summed E-state index contributed by atoms with van der Waals surface area (Å²) in [5.41, 5.74) is 2.71. The number of anilines is 1. The van der Waals surface area contributed by atoms with Crippen molar-refractivity contribution < 1.29 is 4.79 Å². The van der Waals surface area contributed by atoms with Crippen LogP contribution in [0.4, 0.5) is 5.13 Å². The molecule has 2 aliphatic rings. The predicted molar refractivity (Wildman–Crippen MR) is 122 cm³/mol. The third-order valence-corrected chi connectivity index (χ3v) is 7.34. The molecule has 5 rings (SSSR count). The standard InChI is InChI=1S/C22H26N6O2S/c1-2-26-9-11-27(12-10-26)22-25-20-19(31-22)21(30)28(14-23-20)13-18(29)24-17-8-7-15-5-3-4-6-16(15)17/h3-6,14,17H,2,7-13H2,1H3,(H,24,29)/t17-/m0/s1. The summed E-state index contributed by atoms with van der Waals surface area (Å²) >= 11 is 1.37. The van der Waals surface area contributed by atoms with E-state index in [1.165, 1.54) is 33.4 Å². The third kappa shape index (κ3) is 3.95. The smallest absolute Gasteiger partial charge is 0.273 e. The Bertz CT molecular complexity index is 1160. The number of likely N-dealkylation sites (N-methyl/N-ethyl adjacent to an activating group) is 1. The molecule has 1 aliphatic heterocycles. The van der Waals surface area contributed by atoms with Crippen molar-refractivity contribution in [3.05, 3.63) is 52.1 Å². The first-order valence-corrected chi connectivity index (χ1v) is 11.6. The molecule has 1 atom stereocenters. The second-order valence-electron chi connectivity index (χ2n) is 8.11. The number of benzene rings is 1. The molecule has 8 nitrogen and oxygen atoms in total. The zero-order valence-corrected chi connectivity index (χ0v) is 18.4. The number of carbonyl (C=O) groups is 1. The number of nitrogens with zero attached hydrogens (tertiary/aromatic N) is 5. The molecule has 31 heavy (non-hydrogen) atoms. The Kier molecular flexibility index (Phi) is 5.45. The molecule has 1 N–H and O–H groups in total. The van der Waals surface area contributed by atoms with Gasteiger partial charge in [-0.2, -0.15) is 4.98 Å². The van der Waals surface area contributed by atoms with Crippen LogP contribution in [0.15, 0.2) is 35.4 Å². The van der Waals surface area contributed by atoms with Crippen LogP contribution in [-0.4, -0.2) is 58.1 Å². The number of aryl methyl sites for hydroxylation is 1. The minimum absolute atomic E-state index is 0.00730. The van der Waals surface area contributed by atoms with E-state index in [4.69, 9.17) is 0 Å². The van der Waals surface area contributed by atoms with Crippen molar-refractivity contribution in [3.8, 4) is 0 Å². The van der Waals surface area contributed by atoms with Crippen molar-refractivity contribution >= 4 is 32.7 Å².